The van der Waals surface area contributed by atoms with E-state index in [9.17, 15) is 0 Å². The van der Waals surface area contributed by atoms with Gasteiger partial charge in [-0.05, 0) is 24.3 Å². The first-order valence-corrected chi connectivity index (χ1v) is 4.51. The van der Waals surface area contributed by atoms with Crippen molar-refractivity contribution in [1.29, 1.82) is 0 Å². The van der Waals surface area contributed by atoms with E-state index in [1.54, 1.807) is 7.11 Å². The Morgan fingerprint density at radius 3 is 2.55 bits per heavy atom. The summed E-state index contributed by atoms with van der Waals surface area (Å²) in [4.78, 5) is 0. The predicted octanol–water partition coefficient (Wildman–Crippen LogP) is 2.77. The van der Waals surface area contributed by atoms with Crippen LogP contribution in [0.15, 0.2) is 12.2 Å². The fraction of sp³-hybridized carbons (Fsp3) is 0.800. The normalized spacial score (nSPS) is 20.1. The molecule has 0 bridgehead atoms. The van der Waals surface area contributed by atoms with E-state index in [2.05, 4.69) is 6.58 Å². The van der Waals surface area contributed by atoms with Gasteiger partial charge in [0.05, 0.1) is 6.61 Å². The van der Waals surface area contributed by atoms with Crippen LogP contribution in [0.3, 0.4) is 0 Å². The van der Waals surface area contributed by atoms with Crippen molar-refractivity contribution >= 4 is 0 Å². The number of rotatable bonds is 3. The lowest BCUT2D eigenvalue weighted by molar-refractivity contribution is 0.210. The van der Waals surface area contributed by atoms with E-state index in [0.717, 1.165) is 12.5 Å². The quantitative estimate of drug-likeness (QED) is 0.568. The number of hydrogen-bond acceptors (Lipinski definition) is 1. The summed E-state index contributed by atoms with van der Waals surface area (Å²) in [6.07, 6.45) is 6.85. The molecule has 0 amide bonds. The van der Waals surface area contributed by atoms with Gasteiger partial charge in [0.25, 0.3) is 0 Å². The van der Waals surface area contributed by atoms with Crippen LogP contribution in [0.4, 0.5) is 0 Å². The molecule has 0 aliphatic heterocycles. The van der Waals surface area contributed by atoms with Crippen molar-refractivity contribution < 1.29 is 4.74 Å². The van der Waals surface area contributed by atoms with Crippen molar-refractivity contribution in [3.05, 3.63) is 12.2 Å². The average molecular weight is 154 g/mol. The van der Waals surface area contributed by atoms with Crippen LogP contribution >= 0.6 is 0 Å². The summed E-state index contributed by atoms with van der Waals surface area (Å²) in [7, 11) is 1.74. The van der Waals surface area contributed by atoms with Gasteiger partial charge in [-0.15, -0.1) is 0 Å². The molecule has 0 radical (unpaired) electrons. The second-order valence-electron chi connectivity index (χ2n) is 3.43. The average Bonchev–Trinajstić information content (AvgIpc) is 2.07. The van der Waals surface area contributed by atoms with Crippen LogP contribution in [0.5, 0.6) is 0 Å². The SMILES string of the molecule is C=C(COC)C1CCCCC1. The molecule has 0 aromatic heterocycles. The predicted molar refractivity (Wildman–Crippen MR) is 47.6 cm³/mol. The zero-order valence-electron chi connectivity index (χ0n) is 7.44. The van der Waals surface area contributed by atoms with Crippen LogP contribution in [0, 0.1) is 5.92 Å². The Morgan fingerprint density at radius 1 is 1.36 bits per heavy atom. The van der Waals surface area contributed by atoms with E-state index in [-0.39, 0.29) is 0 Å². The van der Waals surface area contributed by atoms with Crippen LogP contribution in [-0.4, -0.2) is 13.7 Å². The van der Waals surface area contributed by atoms with Crippen molar-refractivity contribution in [2.75, 3.05) is 13.7 Å². The highest BCUT2D eigenvalue weighted by molar-refractivity contribution is 5.01. The van der Waals surface area contributed by atoms with Crippen LogP contribution in [-0.2, 0) is 4.74 Å². The monoisotopic (exact) mass is 154 g/mol. The fourth-order valence-corrected chi connectivity index (χ4v) is 1.81. The smallest absolute Gasteiger partial charge is 0.0673 e. The number of ether oxygens (including phenoxy) is 1. The van der Waals surface area contributed by atoms with Gasteiger partial charge in [0, 0.05) is 7.11 Å². The molecular weight excluding hydrogens is 136 g/mol. The Bertz CT molecular complexity index is 123. The molecule has 0 heterocycles. The highest BCUT2D eigenvalue weighted by Gasteiger charge is 2.15. The summed E-state index contributed by atoms with van der Waals surface area (Å²) in [5.74, 6) is 0.753. The Morgan fingerprint density at radius 2 is 2.00 bits per heavy atom. The topological polar surface area (TPSA) is 9.23 Å². The third-order valence-corrected chi connectivity index (χ3v) is 2.51. The fourth-order valence-electron chi connectivity index (χ4n) is 1.81. The van der Waals surface area contributed by atoms with Gasteiger partial charge in [0.2, 0.25) is 0 Å². The molecule has 1 nitrogen and oxygen atoms in total. The molecule has 64 valence electrons. The highest BCUT2D eigenvalue weighted by Crippen LogP contribution is 2.28. The van der Waals surface area contributed by atoms with Gasteiger partial charge in [-0.2, -0.15) is 0 Å². The molecule has 1 rings (SSSR count). The maximum Gasteiger partial charge on any atom is 0.0673 e. The second-order valence-corrected chi connectivity index (χ2v) is 3.43. The van der Waals surface area contributed by atoms with Gasteiger partial charge in [-0.1, -0.05) is 25.8 Å². The molecule has 0 atom stereocenters. The lowest BCUT2D eigenvalue weighted by Gasteiger charge is -2.23. The molecule has 0 spiro atoms. The van der Waals surface area contributed by atoms with E-state index in [4.69, 9.17) is 4.74 Å². The third-order valence-electron chi connectivity index (χ3n) is 2.51. The van der Waals surface area contributed by atoms with Gasteiger partial charge in [-0.25, -0.2) is 0 Å². The van der Waals surface area contributed by atoms with E-state index >= 15 is 0 Å². The van der Waals surface area contributed by atoms with E-state index in [1.807, 2.05) is 0 Å². The van der Waals surface area contributed by atoms with Crippen LogP contribution < -0.4 is 0 Å². The Labute approximate surface area is 69.4 Å². The largest absolute Gasteiger partial charge is 0.380 e. The molecule has 11 heavy (non-hydrogen) atoms. The number of hydrogen-bond donors (Lipinski definition) is 0. The van der Waals surface area contributed by atoms with Gasteiger partial charge >= 0.3 is 0 Å². The molecule has 1 aliphatic rings. The van der Waals surface area contributed by atoms with Crippen molar-refractivity contribution in [2.24, 2.45) is 5.92 Å². The molecule has 0 N–H and O–H groups in total. The summed E-state index contributed by atoms with van der Waals surface area (Å²) in [5.41, 5.74) is 1.30. The maximum atomic E-state index is 5.06. The molecule has 1 fully saturated rings. The molecule has 0 saturated heterocycles. The summed E-state index contributed by atoms with van der Waals surface area (Å²) in [5, 5.41) is 0. The molecule has 0 unspecified atom stereocenters. The van der Waals surface area contributed by atoms with Gasteiger partial charge in [0.15, 0.2) is 0 Å². The maximum absolute atomic E-state index is 5.06. The van der Waals surface area contributed by atoms with Crippen molar-refractivity contribution in [3.63, 3.8) is 0 Å². The van der Waals surface area contributed by atoms with Crippen molar-refractivity contribution in [1.82, 2.24) is 0 Å². The number of methoxy groups -OCH3 is 1. The first kappa shape index (κ1) is 8.79. The first-order chi connectivity index (χ1) is 5.34. The Kier molecular flexibility index (Phi) is 3.64. The van der Waals surface area contributed by atoms with E-state index in [0.29, 0.717) is 0 Å². The van der Waals surface area contributed by atoms with Crippen molar-refractivity contribution in [3.8, 4) is 0 Å². The van der Waals surface area contributed by atoms with Gasteiger partial charge in [-0.3, -0.25) is 0 Å². The van der Waals surface area contributed by atoms with Crippen LogP contribution in [0.25, 0.3) is 0 Å². The van der Waals surface area contributed by atoms with Crippen molar-refractivity contribution in [2.45, 2.75) is 32.1 Å². The standard InChI is InChI=1S/C10H18O/c1-9(8-11-2)10-6-4-3-5-7-10/h10H,1,3-8H2,2H3. The molecule has 1 heteroatoms. The second kappa shape index (κ2) is 4.55. The third kappa shape index (κ3) is 2.66. The Balaban J connectivity index is 2.27. The molecular formula is C10H18O. The summed E-state index contributed by atoms with van der Waals surface area (Å²) in [6.45, 7) is 4.80. The molecule has 1 saturated carbocycles. The molecule has 1 aliphatic carbocycles. The zero-order valence-corrected chi connectivity index (χ0v) is 7.44. The highest BCUT2D eigenvalue weighted by atomic mass is 16.5. The van der Waals surface area contributed by atoms with Gasteiger partial charge in [0.1, 0.15) is 0 Å². The van der Waals surface area contributed by atoms with E-state index in [1.165, 1.54) is 37.7 Å². The van der Waals surface area contributed by atoms with Crippen LogP contribution in [0.1, 0.15) is 32.1 Å². The van der Waals surface area contributed by atoms with Crippen LogP contribution in [0.2, 0.25) is 0 Å². The summed E-state index contributed by atoms with van der Waals surface area (Å²) in [6, 6.07) is 0. The minimum Gasteiger partial charge on any atom is -0.380 e. The molecule has 0 aromatic carbocycles. The molecule has 0 aromatic rings. The lowest BCUT2D eigenvalue weighted by Crippen LogP contribution is -2.11. The Hall–Kier alpha value is -0.300. The summed E-state index contributed by atoms with van der Waals surface area (Å²) < 4.78 is 5.06. The van der Waals surface area contributed by atoms with Gasteiger partial charge < -0.3 is 4.74 Å². The van der Waals surface area contributed by atoms with E-state index < -0.39 is 0 Å². The lowest BCUT2D eigenvalue weighted by atomic mass is 9.85. The minimum absolute atomic E-state index is 0.753. The zero-order chi connectivity index (χ0) is 8.10. The summed E-state index contributed by atoms with van der Waals surface area (Å²) >= 11 is 0. The minimum atomic E-state index is 0.753. The first-order valence-electron chi connectivity index (χ1n) is 4.51.